The predicted molar refractivity (Wildman–Crippen MR) is 107 cm³/mol. The lowest BCUT2D eigenvalue weighted by atomic mass is 10.0. The Morgan fingerprint density at radius 1 is 1.22 bits per heavy atom. The van der Waals surface area contributed by atoms with E-state index in [9.17, 15) is 9.59 Å². The van der Waals surface area contributed by atoms with Crippen molar-refractivity contribution in [2.45, 2.75) is 38.3 Å². The molecule has 0 spiro atoms. The van der Waals surface area contributed by atoms with Gasteiger partial charge in [0.25, 0.3) is 0 Å². The summed E-state index contributed by atoms with van der Waals surface area (Å²) in [6, 6.07) is 6.96. The molecule has 1 aromatic carbocycles. The van der Waals surface area contributed by atoms with Crippen LogP contribution >= 0.6 is 0 Å². The molecule has 8 heteroatoms. The van der Waals surface area contributed by atoms with Crippen LogP contribution in [0.3, 0.4) is 0 Å². The van der Waals surface area contributed by atoms with Crippen molar-refractivity contribution in [3.05, 3.63) is 36.0 Å². The average Bonchev–Trinajstić information content (AvgIpc) is 3.04. The number of aliphatic imine (C=N–C) groups is 1. The van der Waals surface area contributed by atoms with Gasteiger partial charge in [-0.05, 0) is 44.9 Å². The Morgan fingerprint density at radius 3 is 2.63 bits per heavy atom. The number of likely N-dealkylation sites (N-methyl/N-ethyl adjacent to an activating group) is 1. The number of benzene rings is 1. The summed E-state index contributed by atoms with van der Waals surface area (Å²) in [5.41, 5.74) is 12.7. The van der Waals surface area contributed by atoms with Crippen LogP contribution in [0.1, 0.15) is 25.3 Å². The summed E-state index contributed by atoms with van der Waals surface area (Å²) in [5, 5.41) is 6.97. The van der Waals surface area contributed by atoms with Crippen molar-refractivity contribution in [3.8, 4) is 0 Å². The second kappa shape index (κ2) is 9.72. The second-order valence-electron chi connectivity index (χ2n) is 6.53. The molecule has 7 N–H and O–H groups in total. The lowest BCUT2D eigenvalue weighted by molar-refractivity contribution is -0.128. The van der Waals surface area contributed by atoms with Crippen molar-refractivity contribution in [2.24, 2.45) is 16.5 Å². The number of guanidine groups is 1. The zero-order valence-electron chi connectivity index (χ0n) is 15.8. The first-order chi connectivity index (χ1) is 12.9. The van der Waals surface area contributed by atoms with E-state index < -0.39 is 12.1 Å². The molecule has 0 aliphatic rings. The molecule has 0 radical (unpaired) electrons. The topological polar surface area (TPSA) is 138 Å². The van der Waals surface area contributed by atoms with Crippen LogP contribution in [0.15, 0.2) is 35.5 Å². The van der Waals surface area contributed by atoms with Crippen molar-refractivity contribution in [2.75, 3.05) is 13.6 Å². The van der Waals surface area contributed by atoms with Crippen LogP contribution in [0.25, 0.3) is 10.9 Å². The fourth-order valence-corrected chi connectivity index (χ4v) is 3.00. The molecule has 1 aromatic heterocycles. The van der Waals surface area contributed by atoms with Crippen LogP contribution in [0.4, 0.5) is 0 Å². The number of nitrogens with zero attached hydrogens (tertiary/aromatic N) is 1. The third kappa shape index (κ3) is 5.82. The molecule has 0 saturated carbocycles. The van der Waals surface area contributed by atoms with Crippen molar-refractivity contribution in [1.29, 1.82) is 0 Å². The highest BCUT2D eigenvalue weighted by Crippen LogP contribution is 2.19. The normalized spacial score (nSPS) is 13.1. The van der Waals surface area contributed by atoms with Gasteiger partial charge in [0.05, 0.1) is 12.1 Å². The summed E-state index contributed by atoms with van der Waals surface area (Å²) < 4.78 is 0. The van der Waals surface area contributed by atoms with Gasteiger partial charge in [0, 0.05) is 23.6 Å². The molecule has 1 heterocycles. The van der Waals surface area contributed by atoms with Gasteiger partial charge in [-0.25, -0.2) is 0 Å². The minimum Gasteiger partial charge on any atom is -0.370 e. The quantitative estimate of drug-likeness (QED) is 0.234. The van der Waals surface area contributed by atoms with E-state index in [1.54, 1.807) is 7.05 Å². The summed E-state index contributed by atoms with van der Waals surface area (Å²) in [6.07, 6.45) is 3.53. The van der Waals surface area contributed by atoms with E-state index in [1.165, 1.54) is 6.92 Å². The van der Waals surface area contributed by atoms with E-state index >= 15 is 0 Å². The summed E-state index contributed by atoms with van der Waals surface area (Å²) in [4.78, 5) is 31.7. The zero-order chi connectivity index (χ0) is 19.8. The lowest BCUT2D eigenvalue weighted by Crippen LogP contribution is -2.49. The molecule has 2 unspecified atom stereocenters. The van der Waals surface area contributed by atoms with Crippen LogP contribution in [-0.4, -0.2) is 48.3 Å². The number of hydrogen-bond acceptors (Lipinski definition) is 4. The van der Waals surface area contributed by atoms with Crippen LogP contribution in [0.5, 0.6) is 0 Å². The molecular formula is C19H28N6O2. The minimum absolute atomic E-state index is 0.0207. The maximum Gasteiger partial charge on any atom is 0.238 e. The van der Waals surface area contributed by atoms with Gasteiger partial charge in [-0.1, -0.05) is 18.2 Å². The minimum atomic E-state index is -0.550. The van der Waals surface area contributed by atoms with E-state index in [0.717, 1.165) is 16.5 Å². The number of rotatable bonds is 10. The number of aromatic nitrogens is 1. The fourth-order valence-electron chi connectivity index (χ4n) is 3.00. The van der Waals surface area contributed by atoms with Gasteiger partial charge >= 0.3 is 0 Å². The number of H-pyrrole nitrogens is 1. The molecule has 27 heavy (non-hydrogen) atoms. The van der Waals surface area contributed by atoms with Crippen molar-refractivity contribution in [1.82, 2.24) is 15.6 Å². The lowest BCUT2D eigenvalue weighted by Gasteiger charge is -2.21. The number of carbonyl (C=O) groups excluding carboxylic acids is 2. The van der Waals surface area contributed by atoms with Crippen molar-refractivity contribution < 1.29 is 9.59 Å². The van der Waals surface area contributed by atoms with Gasteiger partial charge in [-0.3, -0.25) is 14.6 Å². The van der Waals surface area contributed by atoms with E-state index in [-0.39, 0.29) is 17.6 Å². The monoisotopic (exact) mass is 372 g/mol. The number of nitrogens with two attached hydrogens (primary N) is 2. The summed E-state index contributed by atoms with van der Waals surface area (Å²) in [6.45, 7) is 1.90. The van der Waals surface area contributed by atoms with Crippen molar-refractivity contribution in [3.63, 3.8) is 0 Å². The molecule has 146 valence electrons. The molecule has 1 amide bonds. The molecular weight excluding hydrogens is 344 g/mol. The highest BCUT2D eigenvalue weighted by atomic mass is 16.2. The van der Waals surface area contributed by atoms with Gasteiger partial charge in [-0.2, -0.15) is 0 Å². The van der Waals surface area contributed by atoms with Gasteiger partial charge in [-0.15, -0.1) is 0 Å². The van der Waals surface area contributed by atoms with Crippen LogP contribution in [-0.2, 0) is 16.0 Å². The number of ketones is 1. The molecule has 8 nitrogen and oxygen atoms in total. The third-order valence-corrected chi connectivity index (χ3v) is 4.52. The summed E-state index contributed by atoms with van der Waals surface area (Å²) in [7, 11) is 1.74. The maximum absolute atomic E-state index is 12.7. The predicted octanol–water partition coefficient (Wildman–Crippen LogP) is 0.426. The number of aromatic amines is 1. The Balaban J connectivity index is 1.99. The first kappa shape index (κ1) is 20.4. The molecule has 0 fully saturated rings. The number of hydrogen-bond donors (Lipinski definition) is 5. The van der Waals surface area contributed by atoms with Crippen molar-refractivity contribution >= 4 is 28.6 Å². The van der Waals surface area contributed by atoms with E-state index in [4.69, 9.17) is 11.5 Å². The van der Waals surface area contributed by atoms with Gasteiger partial charge < -0.3 is 27.1 Å². The molecule has 2 rings (SSSR count). The highest BCUT2D eigenvalue weighted by Gasteiger charge is 2.23. The Labute approximate surface area is 158 Å². The Hall–Kier alpha value is -2.87. The number of fused-ring (bicyclic) bond motifs is 1. The molecule has 2 atom stereocenters. The van der Waals surface area contributed by atoms with E-state index in [0.29, 0.717) is 25.8 Å². The first-order valence-corrected chi connectivity index (χ1v) is 9.00. The van der Waals surface area contributed by atoms with E-state index in [1.807, 2.05) is 30.5 Å². The molecule has 0 aliphatic carbocycles. The second-order valence-corrected chi connectivity index (χ2v) is 6.53. The fraction of sp³-hybridized carbons (Fsp3) is 0.421. The van der Waals surface area contributed by atoms with Gasteiger partial charge in [0.15, 0.2) is 11.7 Å². The smallest absolute Gasteiger partial charge is 0.238 e. The SMILES string of the molecule is CNC(Cc1c[nH]c2ccccc12)C(=O)NC(CCCN=C(N)N)C(C)=O. The number of Topliss-reactive ketones (excluding diaryl/α,β-unsaturated/α-hetero) is 1. The summed E-state index contributed by atoms with van der Waals surface area (Å²) in [5.74, 6) is -0.271. The molecule has 0 bridgehead atoms. The van der Waals surface area contributed by atoms with Crippen LogP contribution in [0, 0.1) is 0 Å². The largest absolute Gasteiger partial charge is 0.370 e. The Kier molecular flexibility index (Phi) is 7.36. The van der Waals surface area contributed by atoms with Crippen LogP contribution in [0.2, 0.25) is 0 Å². The summed E-state index contributed by atoms with van der Waals surface area (Å²) >= 11 is 0. The zero-order valence-corrected chi connectivity index (χ0v) is 15.8. The number of para-hydroxylation sites is 1. The first-order valence-electron chi connectivity index (χ1n) is 9.00. The number of amides is 1. The van der Waals surface area contributed by atoms with Gasteiger partial charge in [0.2, 0.25) is 5.91 Å². The van der Waals surface area contributed by atoms with Gasteiger partial charge in [0.1, 0.15) is 0 Å². The molecule has 0 aliphatic heterocycles. The number of carbonyl (C=O) groups is 2. The highest BCUT2D eigenvalue weighted by molar-refractivity contribution is 5.90. The maximum atomic E-state index is 12.7. The number of nitrogens with one attached hydrogen (secondary N) is 3. The third-order valence-electron chi connectivity index (χ3n) is 4.52. The Morgan fingerprint density at radius 2 is 1.96 bits per heavy atom. The van der Waals surface area contributed by atoms with Crippen LogP contribution < -0.4 is 22.1 Å². The Bertz CT molecular complexity index is 809. The standard InChI is InChI=1S/C19H28N6O2/c1-12(26)15(8-5-9-23-19(20)21)25-18(27)17(22-2)10-13-11-24-16-7-4-3-6-14(13)16/h3-4,6-7,11,15,17,22,24H,5,8-10H2,1-2H3,(H,25,27)(H4,20,21,23). The average molecular weight is 372 g/mol. The molecule has 0 saturated heterocycles. The molecule has 2 aromatic rings. The van der Waals surface area contributed by atoms with E-state index in [2.05, 4.69) is 20.6 Å².